The Morgan fingerprint density at radius 3 is 2.96 bits per heavy atom. The number of nitrogens with zero attached hydrogens (tertiary/aromatic N) is 2. The third-order valence-electron chi connectivity index (χ3n) is 5.92. The Morgan fingerprint density at radius 2 is 2.04 bits per heavy atom. The maximum Gasteiger partial charge on any atom is 0.224 e. The summed E-state index contributed by atoms with van der Waals surface area (Å²) in [6.07, 6.45) is 5.74. The van der Waals surface area contributed by atoms with Crippen molar-refractivity contribution in [3.63, 3.8) is 0 Å². The summed E-state index contributed by atoms with van der Waals surface area (Å²) in [4.78, 5) is 17.1. The lowest BCUT2D eigenvalue weighted by molar-refractivity contribution is -0.132. The van der Waals surface area contributed by atoms with Crippen LogP contribution in [0.25, 0.3) is 0 Å². The molecule has 0 radical (unpaired) electrons. The second kappa shape index (κ2) is 7.24. The van der Waals surface area contributed by atoms with E-state index in [1.54, 1.807) is 0 Å². The van der Waals surface area contributed by atoms with Crippen LogP contribution in [-0.4, -0.2) is 54.6 Å². The molecule has 130 valence electrons. The fraction of sp³-hybridized carbons (Fsp3) is 0.650. The molecule has 2 fully saturated rings. The SMILES string of the molecule is O=C(CCN1CC[C@@H]2OCCC[C@@H]2C1)N1CCc2ccccc2C1. The molecule has 1 aromatic carbocycles. The van der Waals surface area contributed by atoms with Crippen LogP contribution in [0.4, 0.5) is 0 Å². The highest BCUT2D eigenvalue weighted by Gasteiger charge is 2.32. The van der Waals surface area contributed by atoms with E-state index in [0.717, 1.165) is 52.2 Å². The van der Waals surface area contributed by atoms with E-state index < -0.39 is 0 Å². The Kier molecular flexibility index (Phi) is 4.86. The van der Waals surface area contributed by atoms with Gasteiger partial charge in [-0.3, -0.25) is 4.79 Å². The molecule has 4 rings (SSSR count). The summed E-state index contributed by atoms with van der Waals surface area (Å²) in [6.45, 7) is 5.69. The first-order valence-corrected chi connectivity index (χ1v) is 9.48. The minimum absolute atomic E-state index is 0.312. The van der Waals surface area contributed by atoms with Gasteiger partial charge in [0, 0.05) is 45.8 Å². The molecule has 24 heavy (non-hydrogen) atoms. The number of hydrogen-bond acceptors (Lipinski definition) is 3. The molecule has 3 aliphatic heterocycles. The van der Waals surface area contributed by atoms with E-state index in [9.17, 15) is 4.79 Å². The summed E-state index contributed by atoms with van der Waals surface area (Å²) in [6, 6.07) is 8.51. The van der Waals surface area contributed by atoms with E-state index >= 15 is 0 Å². The van der Waals surface area contributed by atoms with Gasteiger partial charge in [-0.15, -0.1) is 0 Å². The fourth-order valence-corrected chi connectivity index (χ4v) is 4.49. The molecule has 0 unspecified atom stereocenters. The minimum Gasteiger partial charge on any atom is -0.378 e. The summed E-state index contributed by atoms with van der Waals surface area (Å²) >= 11 is 0. The average molecular weight is 328 g/mol. The van der Waals surface area contributed by atoms with Gasteiger partial charge < -0.3 is 14.5 Å². The van der Waals surface area contributed by atoms with Gasteiger partial charge in [-0.25, -0.2) is 0 Å². The van der Waals surface area contributed by atoms with Gasteiger partial charge in [0.2, 0.25) is 5.91 Å². The first-order valence-electron chi connectivity index (χ1n) is 9.48. The summed E-state index contributed by atoms with van der Waals surface area (Å²) in [5.74, 6) is 0.996. The zero-order valence-electron chi connectivity index (χ0n) is 14.5. The Morgan fingerprint density at radius 1 is 1.17 bits per heavy atom. The molecular weight excluding hydrogens is 300 g/mol. The summed E-state index contributed by atoms with van der Waals surface area (Å²) in [7, 11) is 0. The lowest BCUT2D eigenvalue weighted by Crippen LogP contribution is -2.47. The van der Waals surface area contributed by atoms with Gasteiger partial charge in [0.1, 0.15) is 0 Å². The van der Waals surface area contributed by atoms with Crippen LogP contribution in [0.3, 0.4) is 0 Å². The second-order valence-electron chi connectivity index (χ2n) is 7.48. The van der Waals surface area contributed by atoms with E-state index in [4.69, 9.17) is 4.74 Å². The highest BCUT2D eigenvalue weighted by molar-refractivity contribution is 5.76. The third-order valence-corrected chi connectivity index (χ3v) is 5.92. The van der Waals surface area contributed by atoms with Crippen LogP contribution < -0.4 is 0 Å². The largest absolute Gasteiger partial charge is 0.378 e. The van der Waals surface area contributed by atoms with Crippen molar-refractivity contribution in [3.05, 3.63) is 35.4 Å². The number of carbonyl (C=O) groups excluding carboxylic acids is 1. The highest BCUT2D eigenvalue weighted by atomic mass is 16.5. The minimum atomic E-state index is 0.312. The Balaban J connectivity index is 1.27. The predicted molar refractivity (Wildman–Crippen MR) is 93.7 cm³/mol. The van der Waals surface area contributed by atoms with Crippen LogP contribution in [0.2, 0.25) is 0 Å². The van der Waals surface area contributed by atoms with Gasteiger partial charge in [-0.05, 0) is 42.7 Å². The predicted octanol–water partition coefficient (Wildman–Crippen LogP) is 2.46. The monoisotopic (exact) mass is 328 g/mol. The maximum atomic E-state index is 12.6. The molecular formula is C20H28N2O2. The van der Waals surface area contributed by atoms with E-state index in [0.29, 0.717) is 24.3 Å². The second-order valence-corrected chi connectivity index (χ2v) is 7.48. The normalized spacial score (nSPS) is 27.4. The molecule has 0 spiro atoms. The van der Waals surface area contributed by atoms with E-state index in [1.807, 2.05) is 4.90 Å². The van der Waals surface area contributed by atoms with E-state index in [2.05, 4.69) is 29.2 Å². The van der Waals surface area contributed by atoms with Crippen LogP contribution in [-0.2, 0) is 22.5 Å². The number of benzene rings is 1. The van der Waals surface area contributed by atoms with Gasteiger partial charge in [0.25, 0.3) is 0 Å². The van der Waals surface area contributed by atoms with Gasteiger partial charge in [0.05, 0.1) is 6.10 Å². The van der Waals surface area contributed by atoms with Crippen LogP contribution >= 0.6 is 0 Å². The molecule has 2 atom stereocenters. The number of fused-ring (bicyclic) bond motifs is 2. The van der Waals surface area contributed by atoms with Crippen molar-refractivity contribution in [3.8, 4) is 0 Å². The number of ether oxygens (including phenoxy) is 1. The number of carbonyl (C=O) groups is 1. The Labute approximate surface area is 144 Å². The molecule has 0 N–H and O–H groups in total. The molecule has 0 aromatic heterocycles. The van der Waals surface area contributed by atoms with Gasteiger partial charge in [-0.1, -0.05) is 24.3 Å². The maximum absolute atomic E-state index is 12.6. The molecule has 3 aliphatic rings. The molecule has 0 saturated carbocycles. The van der Waals surface area contributed by atoms with Crippen LogP contribution in [0.5, 0.6) is 0 Å². The number of likely N-dealkylation sites (tertiary alicyclic amines) is 1. The molecule has 2 saturated heterocycles. The van der Waals surface area contributed by atoms with Gasteiger partial charge in [-0.2, -0.15) is 0 Å². The first kappa shape index (κ1) is 16.1. The molecule has 4 nitrogen and oxygen atoms in total. The number of rotatable bonds is 3. The topological polar surface area (TPSA) is 32.8 Å². The zero-order chi connectivity index (χ0) is 16.4. The standard InChI is InChI=1S/C20H28N2O2/c23-20(22-12-7-16-4-1-2-5-17(16)15-22)9-11-21-10-8-19-18(14-21)6-3-13-24-19/h1-2,4-5,18-19H,3,6-15H2/t18-,19+/m1/s1. The molecule has 1 aromatic rings. The average Bonchev–Trinajstić information content (AvgIpc) is 2.65. The zero-order valence-corrected chi connectivity index (χ0v) is 14.5. The number of amides is 1. The van der Waals surface area contributed by atoms with Crippen LogP contribution in [0, 0.1) is 5.92 Å². The van der Waals surface area contributed by atoms with Crippen molar-refractivity contribution < 1.29 is 9.53 Å². The fourth-order valence-electron chi connectivity index (χ4n) is 4.49. The van der Waals surface area contributed by atoms with E-state index in [1.165, 1.54) is 24.0 Å². The first-order chi connectivity index (χ1) is 11.8. The Bertz CT molecular complexity index is 589. The lowest BCUT2D eigenvalue weighted by atomic mass is 9.88. The van der Waals surface area contributed by atoms with Crippen molar-refractivity contribution in [2.75, 3.05) is 32.8 Å². The van der Waals surface area contributed by atoms with Crippen LogP contribution in [0.15, 0.2) is 24.3 Å². The van der Waals surface area contributed by atoms with E-state index in [-0.39, 0.29) is 0 Å². The number of hydrogen-bond donors (Lipinski definition) is 0. The van der Waals surface area contributed by atoms with Crippen molar-refractivity contribution in [2.45, 2.75) is 44.8 Å². The van der Waals surface area contributed by atoms with Gasteiger partial charge >= 0.3 is 0 Å². The summed E-state index contributed by atoms with van der Waals surface area (Å²) < 4.78 is 5.88. The summed E-state index contributed by atoms with van der Waals surface area (Å²) in [5, 5.41) is 0. The van der Waals surface area contributed by atoms with Gasteiger partial charge in [0.15, 0.2) is 0 Å². The number of piperidine rings is 1. The third kappa shape index (κ3) is 3.50. The van der Waals surface area contributed by atoms with Crippen molar-refractivity contribution in [1.82, 2.24) is 9.80 Å². The van der Waals surface area contributed by atoms with Crippen molar-refractivity contribution in [1.29, 1.82) is 0 Å². The quantitative estimate of drug-likeness (QED) is 0.854. The van der Waals surface area contributed by atoms with Crippen LogP contribution in [0.1, 0.15) is 36.8 Å². The molecule has 4 heteroatoms. The molecule has 1 amide bonds. The lowest BCUT2D eigenvalue weighted by Gasteiger charge is -2.41. The Hall–Kier alpha value is -1.39. The molecule has 0 bridgehead atoms. The van der Waals surface area contributed by atoms with Crippen molar-refractivity contribution >= 4 is 5.91 Å². The van der Waals surface area contributed by atoms with Crippen molar-refractivity contribution in [2.24, 2.45) is 5.92 Å². The molecule has 0 aliphatic carbocycles. The summed E-state index contributed by atoms with van der Waals surface area (Å²) in [5.41, 5.74) is 2.72. The molecule has 3 heterocycles. The highest BCUT2D eigenvalue weighted by Crippen LogP contribution is 2.28. The smallest absolute Gasteiger partial charge is 0.224 e.